The monoisotopic (exact) mass is 472 g/mol. The van der Waals surface area contributed by atoms with Gasteiger partial charge in [0.15, 0.2) is 12.0 Å². The standard InChI is InChI=1S/C24H26F2N4O4/c1-14(2)28(3)10-18-12-34-13-21-22(24(33)23(32)20(11-31)30(18)21)16-7-27-29(9-16)8-15-4-5-17(25)6-19(15)26/h4-7,9,11,14,18,32H,8,10,12-13H2,1-3H3. The number of halogens is 2. The van der Waals surface area contributed by atoms with E-state index in [2.05, 4.69) is 10.00 Å². The highest BCUT2D eigenvalue weighted by Crippen LogP contribution is 2.32. The van der Waals surface area contributed by atoms with E-state index in [1.165, 1.54) is 16.9 Å². The van der Waals surface area contributed by atoms with E-state index in [0.29, 0.717) is 30.7 Å². The third kappa shape index (κ3) is 4.38. The lowest BCUT2D eigenvalue weighted by atomic mass is 10.0. The van der Waals surface area contributed by atoms with Gasteiger partial charge in [-0.05, 0) is 27.0 Å². The topological polar surface area (TPSA) is 89.6 Å². The van der Waals surface area contributed by atoms with E-state index in [4.69, 9.17) is 4.74 Å². The first-order chi connectivity index (χ1) is 16.2. The van der Waals surface area contributed by atoms with Gasteiger partial charge >= 0.3 is 0 Å². The van der Waals surface area contributed by atoms with Gasteiger partial charge in [-0.25, -0.2) is 8.78 Å². The fourth-order valence-corrected chi connectivity index (χ4v) is 4.16. The number of ether oxygens (including phenoxy) is 1. The average Bonchev–Trinajstić information content (AvgIpc) is 3.25. The van der Waals surface area contributed by atoms with Gasteiger partial charge in [-0.2, -0.15) is 5.10 Å². The molecule has 3 aromatic rings. The number of hydrogen-bond acceptors (Lipinski definition) is 6. The molecule has 0 radical (unpaired) electrons. The Morgan fingerprint density at radius 2 is 2.12 bits per heavy atom. The zero-order valence-electron chi connectivity index (χ0n) is 19.2. The molecule has 1 aromatic carbocycles. The van der Waals surface area contributed by atoms with Crippen LogP contribution in [0.5, 0.6) is 5.75 Å². The molecule has 3 heterocycles. The summed E-state index contributed by atoms with van der Waals surface area (Å²) in [6.45, 7) is 5.03. The van der Waals surface area contributed by atoms with Crippen LogP contribution in [-0.2, 0) is 17.9 Å². The van der Waals surface area contributed by atoms with E-state index in [0.717, 1.165) is 12.1 Å². The molecule has 1 aliphatic heterocycles. The molecule has 0 bridgehead atoms. The van der Waals surface area contributed by atoms with Crippen molar-refractivity contribution >= 4 is 6.29 Å². The predicted molar refractivity (Wildman–Crippen MR) is 121 cm³/mol. The van der Waals surface area contributed by atoms with E-state index in [-0.39, 0.29) is 42.1 Å². The fraction of sp³-hybridized carbons (Fsp3) is 0.375. The maximum Gasteiger partial charge on any atom is 0.232 e. The van der Waals surface area contributed by atoms with E-state index >= 15 is 0 Å². The van der Waals surface area contributed by atoms with Crippen LogP contribution >= 0.6 is 0 Å². The van der Waals surface area contributed by atoms with Crippen LogP contribution in [-0.4, -0.2) is 56.9 Å². The molecular formula is C24H26F2N4O4. The maximum absolute atomic E-state index is 14.1. The van der Waals surface area contributed by atoms with Crippen molar-refractivity contribution < 1.29 is 23.4 Å². The second-order valence-electron chi connectivity index (χ2n) is 8.74. The van der Waals surface area contributed by atoms with Gasteiger partial charge < -0.3 is 19.3 Å². The van der Waals surface area contributed by atoms with Gasteiger partial charge in [0.05, 0.1) is 43.3 Å². The first kappa shape index (κ1) is 23.8. The largest absolute Gasteiger partial charge is 0.503 e. The van der Waals surface area contributed by atoms with E-state index < -0.39 is 22.8 Å². The van der Waals surface area contributed by atoms with Crippen molar-refractivity contribution in [2.75, 3.05) is 20.2 Å². The SMILES string of the molecule is CC(C)N(C)CC1COCc2c(-c3cnn(Cc4ccc(F)cc4F)c3)c(=O)c(O)c(C=O)n21. The normalized spacial score (nSPS) is 15.7. The Labute approximate surface area is 195 Å². The molecule has 0 spiro atoms. The second kappa shape index (κ2) is 9.47. The number of aromatic nitrogens is 3. The molecule has 180 valence electrons. The van der Waals surface area contributed by atoms with Crippen molar-refractivity contribution in [3.63, 3.8) is 0 Å². The number of nitrogens with zero attached hydrogens (tertiary/aromatic N) is 4. The highest BCUT2D eigenvalue weighted by atomic mass is 19.1. The Bertz CT molecular complexity index is 1280. The number of carbonyl (C=O) groups excluding carboxylic acids is 1. The second-order valence-corrected chi connectivity index (χ2v) is 8.74. The minimum Gasteiger partial charge on any atom is -0.503 e. The maximum atomic E-state index is 14.1. The summed E-state index contributed by atoms with van der Waals surface area (Å²) in [7, 11) is 1.95. The summed E-state index contributed by atoms with van der Waals surface area (Å²) in [6, 6.07) is 3.22. The number of rotatable bonds is 7. The van der Waals surface area contributed by atoms with E-state index in [9.17, 15) is 23.5 Å². The fourth-order valence-electron chi connectivity index (χ4n) is 4.16. The van der Waals surface area contributed by atoms with Crippen LogP contribution in [0.25, 0.3) is 11.1 Å². The van der Waals surface area contributed by atoms with Gasteiger partial charge in [0.25, 0.3) is 0 Å². The molecule has 1 atom stereocenters. The molecule has 1 N–H and O–H groups in total. The highest BCUT2D eigenvalue weighted by Gasteiger charge is 2.31. The summed E-state index contributed by atoms with van der Waals surface area (Å²) >= 11 is 0. The molecule has 10 heteroatoms. The number of aldehydes is 1. The minimum atomic E-state index is -0.706. The summed E-state index contributed by atoms with van der Waals surface area (Å²) in [5.74, 6) is -2.01. The Hall–Kier alpha value is -3.37. The van der Waals surface area contributed by atoms with Crippen LogP contribution < -0.4 is 5.43 Å². The summed E-state index contributed by atoms with van der Waals surface area (Å²) in [6.07, 6.45) is 3.46. The first-order valence-corrected chi connectivity index (χ1v) is 10.9. The summed E-state index contributed by atoms with van der Waals surface area (Å²) in [5.41, 5.74) is 0.466. The van der Waals surface area contributed by atoms with Crippen LogP contribution in [0.3, 0.4) is 0 Å². The molecule has 0 saturated carbocycles. The number of aromatic hydroxyl groups is 1. The van der Waals surface area contributed by atoms with Gasteiger partial charge in [0, 0.05) is 36.0 Å². The minimum absolute atomic E-state index is 0.0202. The van der Waals surface area contributed by atoms with Gasteiger partial charge in [-0.1, -0.05) is 6.07 Å². The van der Waals surface area contributed by atoms with Crippen LogP contribution in [0.15, 0.2) is 35.4 Å². The highest BCUT2D eigenvalue weighted by molar-refractivity contribution is 5.80. The Morgan fingerprint density at radius 1 is 1.35 bits per heavy atom. The Balaban J connectivity index is 1.78. The number of fused-ring (bicyclic) bond motifs is 1. The first-order valence-electron chi connectivity index (χ1n) is 10.9. The summed E-state index contributed by atoms with van der Waals surface area (Å²) in [5, 5.41) is 14.8. The molecule has 2 aromatic heterocycles. The van der Waals surface area contributed by atoms with Crippen LogP contribution in [0.4, 0.5) is 8.78 Å². The van der Waals surface area contributed by atoms with Crippen LogP contribution in [0.2, 0.25) is 0 Å². The van der Waals surface area contributed by atoms with Crippen molar-refractivity contribution in [1.82, 2.24) is 19.2 Å². The van der Waals surface area contributed by atoms with Crippen molar-refractivity contribution in [1.29, 1.82) is 0 Å². The summed E-state index contributed by atoms with van der Waals surface area (Å²) in [4.78, 5) is 27.1. The molecule has 8 nitrogen and oxygen atoms in total. The molecular weight excluding hydrogens is 446 g/mol. The van der Waals surface area contributed by atoms with Gasteiger partial charge in [-0.3, -0.25) is 14.3 Å². The third-order valence-corrected chi connectivity index (χ3v) is 6.20. The lowest BCUT2D eigenvalue weighted by molar-refractivity contribution is 0.0408. The predicted octanol–water partition coefficient (Wildman–Crippen LogP) is 2.97. The molecule has 0 aliphatic carbocycles. The molecule has 1 aliphatic rings. The van der Waals surface area contributed by atoms with Crippen LogP contribution in [0, 0.1) is 11.6 Å². The number of likely N-dealkylation sites (N-methyl/N-ethyl adjacent to an activating group) is 1. The quantitative estimate of drug-likeness (QED) is 0.532. The molecule has 0 fully saturated rings. The van der Waals surface area contributed by atoms with Crippen molar-refractivity contribution in [3.05, 3.63) is 69.4 Å². The average molecular weight is 472 g/mol. The zero-order valence-corrected chi connectivity index (χ0v) is 19.2. The molecule has 1 unspecified atom stereocenters. The number of carbonyl (C=O) groups is 1. The van der Waals surface area contributed by atoms with Gasteiger partial charge in [0.1, 0.15) is 17.3 Å². The van der Waals surface area contributed by atoms with Crippen molar-refractivity contribution in [2.24, 2.45) is 0 Å². The van der Waals surface area contributed by atoms with Gasteiger partial charge in [0.2, 0.25) is 5.43 Å². The third-order valence-electron chi connectivity index (χ3n) is 6.20. The van der Waals surface area contributed by atoms with Gasteiger partial charge in [-0.15, -0.1) is 0 Å². The van der Waals surface area contributed by atoms with E-state index in [1.807, 2.05) is 20.9 Å². The number of pyridine rings is 1. The lowest BCUT2D eigenvalue weighted by Gasteiger charge is -2.35. The lowest BCUT2D eigenvalue weighted by Crippen LogP contribution is -2.39. The molecule has 34 heavy (non-hydrogen) atoms. The Kier molecular flexibility index (Phi) is 6.63. The number of hydrogen-bond donors (Lipinski definition) is 1. The zero-order chi connectivity index (χ0) is 24.6. The molecule has 0 saturated heterocycles. The van der Waals surface area contributed by atoms with Crippen LogP contribution in [0.1, 0.15) is 41.6 Å². The van der Waals surface area contributed by atoms with Crippen molar-refractivity contribution in [3.8, 4) is 16.9 Å². The van der Waals surface area contributed by atoms with Crippen molar-refractivity contribution in [2.45, 2.75) is 39.1 Å². The van der Waals surface area contributed by atoms with E-state index in [1.54, 1.807) is 10.8 Å². The number of benzene rings is 1. The smallest absolute Gasteiger partial charge is 0.232 e. The Morgan fingerprint density at radius 3 is 2.79 bits per heavy atom. The molecule has 0 amide bonds. The summed E-state index contributed by atoms with van der Waals surface area (Å²) < 4.78 is 36.2. The molecule has 4 rings (SSSR count).